The highest BCUT2D eigenvalue weighted by atomic mass is 16.6. The first kappa shape index (κ1) is 19.0. The van der Waals surface area contributed by atoms with E-state index in [4.69, 9.17) is 0 Å². The molecule has 1 fully saturated rings. The van der Waals surface area contributed by atoms with Gasteiger partial charge in [0.1, 0.15) is 5.56 Å². The van der Waals surface area contributed by atoms with Crippen molar-refractivity contribution in [2.45, 2.75) is 32.9 Å². The predicted molar refractivity (Wildman–Crippen MR) is 104 cm³/mol. The summed E-state index contributed by atoms with van der Waals surface area (Å²) in [5.74, 6) is 0.323. The molecule has 1 atom stereocenters. The second-order valence-electron chi connectivity index (χ2n) is 7.26. The van der Waals surface area contributed by atoms with Crippen LogP contribution in [0.5, 0.6) is 0 Å². The van der Waals surface area contributed by atoms with Gasteiger partial charge in [0.15, 0.2) is 0 Å². The molecule has 0 aliphatic carbocycles. The Labute approximate surface area is 159 Å². The van der Waals surface area contributed by atoms with E-state index in [0.29, 0.717) is 6.54 Å². The fraction of sp³-hybridized carbons (Fsp3) is 0.381. The molecule has 1 N–H and O–H groups in total. The fourth-order valence-corrected chi connectivity index (χ4v) is 3.55. The summed E-state index contributed by atoms with van der Waals surface area (Å²) in [4.78, 5) is 25.3. The zero-order chi connectivity index (χ0) is 19.2. The number of nitro benzene ring substituents is 1. The van der Waals surface area contributed by atoms with Gasteiger partial charge in [0.05, 0.1) is 4.92 Å². The van der Waals surface area contributed by atoms with Crippen LogP contribution in [0.1, 0.15) is 41.3 Å². The third kappa shape index (κ3) is 5.14. The van der Waals surface area contributed by atoms with Crippen LogP contribution in [-0.2, 0) is 13.1 Å². The Morgan fingerprint density at radius 1 is 1.19 bits per heavy atom. The van der Waals surface area contributed by atoms with Gasteiger partial charge >= 0.3 is 0 Å². The maximum Gasteiger partial charge on any atom is 0.282 e. The summed E-state index contributed by atoms with van der Waals surface area (Å²) in [7, 11) is 0. The standard InChI is InChI=1S/C21H25N3O3/c1-16-5-4-12-23(14-16)15-18-10-8-17(9-11-18)13-22-21(25)19-6-2-3-7-20(19)24(26)27/h2-3,6-11,16H,4-5,12-15H2,1H3,(H,22,25). The number of benzene rings is 2. The number of nitrogens with one attached hydrogen (secondary N) is 1. The highest BCUT2D eigenvalue weighted by molar-refractivity contribution is 5.98. The van der Waals surface area contributed by atoms with Gasteiger partial charge in [-0.3, -0.25) is 19.8 Å². The van der Waals surface area contributed by atoms with Crippen molar-refractivity contribution >= 4 is 11.6 Å². The van der Waals surface area contributed by atoms with E-state index in [9.17, 15) is 14.9 Å². The molecule has 3 rings (SSSR count). The number of likely N-dealkylation sites (tertiary alicyclic amines) is 1. The van der Waals surface area contributed by atoms with Crippen molar-refractivity contribution in [3.05, 3.63) is 75.3 Å². The molecule has 1 heterocycles. The van der Waals surface area contributed by atoms with E-state index in [1.165, 1.54) is 30.5 Å². The van der Waals surface area contributed by atoms with Crippen LogP contribution in [0, 0.1) is 16.0 Å². The number of nitrogens with zero attached hydrogens (tertiary/aromatic N) is 2. The lowest BCUT2D eigenvalue weighted by Crippen LogP contribution is -2.33. The number of hydrogen-bond acceptors (Lipinski definition) is 4. The number of carbonyl (C=O) groups is 1. The molecule has 0 bridgehead atoms. The number of rotatable bonds is 6. The Bertz CT molecular complexity index is 805. The largest absolute Gasteiger partial charge is 0.348 e. The fourth-order valence-electron chi connectivity index (χ4n) is 3.55. The summed E-state index contributed by atoms with van der Waals surface area (Å²) in [6.45, 7) is 5.89. The monoisotopic (exact) mass is 367 g/mol. The zero-order valence-electron chi connectivity index (χ0n) is 15.6. The number of piperidine rings is 1. The molecule has 6 nitrogen and oxygen atoms in total. The van der Waals surface area contributed by atoms with Gasteiger partial charge in [-0.2, -0.15) is 0 Å². The number of para-hydroxylation sites is 1. The molecule has 27 heavy (non-hydrogen) atoms. The minimum Gasteiger partial charge on any atom is -0.348 e. The van der Waals surface area contributed by atoms with E-state index in [2.05, 4.69) is 29.3 Å². The molecule has 1 unspecified atom stereocenters. The Balaban J connectivity index is 1.56. The van der Waals surface area contributed by atoms with Gasteiger partial charge in [-0.25, -0.2) is 0 Å². The molecule has 1 amide bonds. The SMILES string of the molecule is CC1CCCN(Cc2ccc(CNC(=O)c3ccccc3[N+](=O)[O-])cc2)C1. The van der Waals surface area contributed by atoms with Gasteiger partial charge in [-0.1, -0.05) is 43.3 Å². The van der Waals surface area contributed by atoms with Crippen LogP contribution in [0.25, 0.3) is 0 Å². The van der Waals surface area contributed by atoms with Crippen LogP contribution >= 0.6 is 0 Å². The first-order chi connectivity index (χ1) is 13.0. The molecular formula is C21H25N3O3. The molecule has 2 aromatic rings. The quantitative estimate of drug-likeness (QED) is 0.623. The molecular weight excluding hydrogens is 342 g/mol. The normalized spacial score (nSPS) is 17.4. The summed E-state index contributed by atoms with van der Waals surface area (Å²) in [5, 5.41) is 13.8. The molecule has 0 aromatic heterocycles. The van der Waals surface area contributed by atoms with Crippen molar-refractivity contribution in [3.8, 4) is 0 Å². The molecule has 0 spiro atoms. The summed E-state index contributed by atoms with van der Waals surface area (Å²) in [6, 6.07) is 14.2. The van der Waals surface area contributed by atoms with E-state index >= 15 is 0 Å². The Morgan fingerprint density at radius 2 is 1.89 bits per heavy atom. The molecule has 0 saturated carbocycles. The highest BCUT2D eigenvalue weighted by Gasteiger charge is 2.19. The van der Waals surface area contributed by atoms with E-state index in [1.807, 2.05) is 12.1 Å². The van der Waals surface area contributed by atoms with Gasteiger partial charge in [0.25, 0.3) is 11.6 Å². The third-order valence-corrected chi connectivity index (χ3v) is 4.97. The lowest BCUT2D eigenvalue weighted by atomic mass is 9.99. The maximum atomic E-state index is 12.3. The van der Waals surface area contributed by atoms with Crippen molar-refractivity contribution in [3.63, 3.8) is 0 Å². The smallest absolute Gasteiger partial charge is 0.282 e. The summed E-state index contributed by atoms with van der Waals surface area (Å²) >= 11 is 0. The highest BCUT2D eigenvalue weighted by Crippen LogP contribution is 2.19. The van der Waals surface area contributed by atoms with Gasteiger partial charge in [-0.15, -0.1) is 0 Å². The molecule has 142 valence electrons. The average molecular weight is 367 g/mol. The first-order valence-electron chi connectivity index (χ1n) is 9.34. The molecule has 1 aliphatic rings. The maximum absolute atomic E-state index is 12.3. The number of amides is 1. The molecule has 0 radical (unpaired) electrons. The minimum atomic E-state index is -0.537. The van der Waals surface area contributed by atoms with Crippen LogP contribution in [0.3, 0.4) is 0 Å². The zero-order valence-corrected chi connectivity index (χ0v) is 15.6. The van der Waals surface area contributed by atoms with E-state index in [-0.39, 0.29) is 11.3 Å². The van der Waals surface area contributed by atoms with E-state index < -0.39 is 10.8 Å². The number of nitro groups is 1. The van der Waals surface area contributed by atoms with Crippen molar-refractivity contribution in [2.24, 2.45) is 5.92 Å². The van der Waals surface area contributed by atoms with Crippen LogP contribution in [-0.4, -0.2) is 28.8 Å². The minimum absolute atomic E-state index is 0.0818. The molecule has 1 saturated heterocycles. The van der Waals surface area contributed by atoms with Gasteiger partial charge in [0, 0.05) is 25.7 Å². The second-order valence-corrected chi connectivity index (χ2v) is 7.26. The van der Waals surface area contributed by atoms with Crippen molar-refractivity contribution < 1.29 is 9.72 Å². The second kappa shape index (κ2) is 8.77. The van der Waals surface area contributed by atoms with Crippen LogP contribution < -0.4 is 5.32 Å². The molecule has 6 heteroatoms. The van der Waals surface area contributed by atoms with Crippen molar-refractivity contribution in [1.29, 1.82) is 0 Å². The summed E-state index contributed by atoms with van der Waals surface area (Å²) in [5.41, 5.74) is 2.13. The lowest BCUT2D eigenvalue weighted by molar-refractivity contribution is -0.385. The number of carbonyl (C=O) groups excluding carboxylic acids is 1. The van der Waals surface area contributed by atoms with Crippen molar-refractivity contribution in [1.82, 2.24) is 10.2 Å². The Kier molecular flexibility index (Phi) is 6.19. The third-order valence-electron chi connectivity index (χ3n) is 4.97. The Morgan fingerprint density at radius 3 is 2.59 bits per heavy atom. The van der Waals surface area contributed by atoms with E-state index in [1.54, 1.807) is 12.1 Å². The van der Waals surface area contributed by atoms with Crippen molar-refractivity contribution in [2.75, 3.05) is 13.1 Å². The lowest BCUT2D eigenvalue weighted by Gasteiger charge is -2.30. The summed E-state index contributed by atoms with van der Waals surface area (Å²) in [6.07, 6.45) is 2.58. The average Bonchev–Trinajstić information content (AvgIpc) is 2.67. The van der Waals surface area contributed by atoms with Gasteiger partial charge in [-0.05, 0) is 42.5 Å². The van der Waals surface area contributed by atoms with Gasteiger partial charge in [0.2, 0.25) is 0 Å². The van der Waals surface area contributed by atoms with Crippen LogP contribution in [0.4, 0.5) is 5.69 Å². The predicted octanol–water partition coefficient (Wildman–Crippen LogP) is 3.76. The first-order valence-corrected chi connectivity index (χ1v) is 9.34. The molecule has 2 aromatic carbocycles. The summed E-state index contributed by atoms with van der Waals surface area (Å²) < 4.78 is 0. The van der Waals surface area contributed by atoms with Crippen LogP contribution in [0.2, 0.25) is 0 Å². The Hall–Kier alpha value is -2.73. The number of hydrogen-bond donors (Lipinski definition) is 1. The van der Waals surface area contributed by atoms with Crippen LogP contribution in [0.15, 0.2) is 48.5 Å². The molecule has 1 aliphatic heterocycles. The van der Waals surface area contributed by atoms with E-state index in [0.717, 1.165) is 31.1 Å². The topological polar surface area (TPSA) is 75.5 Å². The van der Waals surface area contributed by atoms with Gasteiger partial charge < -0.3 is 5.32 Å².